The Morgan fingerprint density at radius 2 is 2.05 bits per heavy atom. The number of piperidine rings is 1. The number of hydrogen-bond acceptors (Lipinski definition) is 4. The van der Waals surface area contributed by atoms with E-state index in [-0.39, 0.29) is 30.5 Å². The van der Waals surface area contributed by atoms with Gasteiger partial charge in [0.1, 0.15) is 6.61 Å². The first-order chi connectivity index (χ1) is 9.52. The van der Waals surface area contributed by atoms with Gasteiger partial charge >= 0.3 is 0 Å². The van der Waals surface area contributed by atoms with Crippen molar-refractivity contribution >= 4 is 11.8 Å². The lowest BCUT2D eigenvalue weighted by Crippen LogP contribution is -2.47. The van der Waals surface area contributed by atoms with Gasteiger partial charge in [0.05, 0.1) is 0 Å². The highest BCUT2D eigenvalue weighted by atomic mass is 16.5. The molecule has 0 saturated carbocycles. The van der Waals surface area contributed by atoms with Gasteiger partial charge in [0.25, 0.3) is 0 Å². The summed E-state index contributed by atoms with van der Waals surface area (Å²) in [5.74, 6) is 0.113. The molecule has 1 fully saturated rings. The van der Waals surface area contributed by atoms with Crippen molar-refractivity contribution in [1.29, 1.82) is 0 Å². The molecular formula is C14H27N3O3. The Morgan fingerprint density at radius 3 is 2.60 bits per heavy atom. The Kier molecular flexibility index (Phi) is 7.54. The van der Waals surface area contributed by atoms with E-state index < -0.39 is 0 Å². The van der Waals surface area contributed by atoms with Crippen molar-refractivity contribution in [3.63, 3.8) is 0 Å². The van der Waals surface area contributed by atoms with E-state index in [1.54, 1.807) is 0 Å². The lowest BCUT2D eigenvalue weighted by atomic mass is 10.0. The zero-order chi connectivity index (χ0) is 15.0. The van der Waals surface area contributed by atoms with Gasteiger partial charge in [-0.3, -0.25) is 9.59 Å². The zero-order valence-electron chi connectivity index (χ0n) is 12.6. The predicted octanol–water partition coefficient (Wildman–Crippen LogP) is 0.258. The maximum atomic E-state index is 12.0. The smallest absolute Gasteiger partial charge is 0.246 e. The van der Waals surface area contributed by atoms with Crippen molar-refractivity contribution < 1.29 is 14.3 Å². The first-order valence-electron chi connectivity index (χ1n) is 7.34. The Labute approximate surface area is 121 Å². The third kappa shape index (κ3) is 6.34. The highest BCUT2D eigenvalue weighted by Gasteiger charge is 2.23. The Balaban J connectivity index is 2.20. The first-order valence-corrected chi connectivity index (χ1v) is 7.34. The standard InChI is InChI=1S/C14H27N3O3/c1-11(15)4-3-5-14(19)17-8-6-12(7-9-17)16-13(18)10-20-2/h11-12H,3-10,15H2,1-2H3,(H,16,18). The minimum Gasteiger partial charge on any atom is -0.375 e. The molecule has 1 heterocycles. The van der Waals surface area contributed by atoms with Gasteiger partial charge in [-0.05, 0) is 32.6 Å². The number of hydrogen-bond donors (Lipinski definition) is 2. The van der Waals surface area contributed by atoms with E-state index in [1.807, 2.05) is 11.8 Å². The van der Waals surface area contributed by atoms with Crippen molar-refractivity contribution in [3.05, 3.63) is 0 Å². The number of methoxy groups -OCH3 is 1. The average molecular weight is 285 g/mol. The van der Waals surface area contributed by atoms with E-state index in [9.17, 15) is 9.59 Å². The van der Waals surface area contributed by atoms with Crippen LogP contribution in [0.3, 0.4) is 0 Å². The molecule has 1 atom stereocenters. The van der Waals surface area contributed by atoms with Crippen LogP contribution >= 0.6 is 0 Å². The summed E-state index contributed by atoms with van der Waals surface area (Å²) < 4.78 is 4.78. The largest absolute Gasteiger partial charge is 0.375 e. The van der Waals surface area contributed by atoms with Crippen LogP contribution in [0.4, 0.5) is 0 Å². The molecule has 1 unspecified atom stereocenters. The van der Waals surface area contributed by atoms with Crippen LogP contribution in [0.2, 0.25) is 0 Å². The van der Waals surface area contributed by atoms with Crippen LogP contribution in [0.1, 0.15) is 39.0 Å². The molecule has 20 heavy (non-hydrogen) atoms. The molecule has 116 valence electrons. The van der Waals surface area contributed by atoms with E-state index in [0.29, 0.717) is 6.42 Å². The van der Waals surface area contributed by atoms with Crippen molar-refractivity contribution in [3.8, 4) is 0 Å². The van der Waals surface area contributed by atoms with Crippen LogP contribution in [-0.2, 0) is 14.3 Å². The number of nitrogens with zero attached hydrogens (tertiary/aromatic N) is 1. The predicted molar refractivity (Wildman–Crippen MR) is 77.1 cm³/mol. The van der Waals surface area contributed by atoms with Crippen LogP contribution in [-0.4, -0.2) is 55.6 Å². The third-order valence-electron chi connectivity index (χ3n) is 3.54. The highest BCUT2D eigenvalue weighted by molar-refractivity contribution is 5.78. The Hall–Kier alpha value is -1.14. The van der Waals surface area contributed by atoms with Crippen LogP contribution < -0.4 is 11.1 Å². The monoisotopic (exact) mass is 285 g/mol. The number of carbonyl (C=O) groups excluding carboxylic acids is 2. The van der Waals surface area contributed by atoms with Gasteiger partial charge in [0.2, 0.25) is 11.8 Å². The second kappa shape index (κ2) is 8.92. The normalized spacial score (nSPS) is 17.9. The van der Waals surface area contributed by atoms with Crippen molar-refractivity contribution in [2.75, 3.05) is 26.8 Å². The maximum Gasteiger partial charge on any atom is 0.246 e. The second-order valence-corrected chi connectivity index (χ2v) is 5.53. The summed E-state index contributed by atoms with van der Waals surface area (Å²) in [6.07, 6.45) is 3.93. The number of carbonyl (C=O) groups is 2. The summed E-state index contributed by atoms with van der Waals surface area (Å²) in [6, 6.07) is 0.315. The fourth-order valence-corrected chi connectivity index (χ4v) is 2.41. The number of rotatable bonds is 7. The van der Waals surface area contributed by atoms with E-state index in [2.05, 4.69) is 5.32 Å². The molecule has 0 spiro atoms. The minimum absolute atomic E-state index is 0.0887. The van der Waals surface area contributed by atoms with Gasteiger partial charge in [0, 0.05) is 38.7 Å². The van der Waals surface area contributed by atoms with Crippen molar-refractivity contribution in [1.82, 2.24) is 10.2 Å². The summed E-state index contributed by atoms with van der Waals surface area (Å²) in [4.78, 5) is 25.3. The van der Waals surface area contributed by atoms with E-state index in [1.165, 1.54) is 7.11 Å². The maximum absolute atomic E-state index is 12.0. The van der Waals surface area contributed by atoms with Gasteiger partial charge in [-0.15, -0.1) is 0 Å². The molecule has 1 rings (SSSR count). The number of amides is 2. The molecule has 2 amide bonds. The van der Waals surface area contributed by atoms with E-state index in [4.69, 9.17) is 10.5 Å². The molecule has 6 heteroatoms. The fraction of sp³-hybridized carbons (Fsp3) is 0.857. The number of ether oxygens (including phenoxy) is 1. The zero-order valence-corrected chi connectivity index (χ0v) is 12.6. The topological polar surface area (TPSA) is 84.7 Å². The van der Waals surface area contributed by atoms with Gasteiger partial charge in [-0.2, -0.15) is 0 Å². The molecule has 6 nitrogen and oxygen atoms in total. The SMILES string of the molecule is COCC(=O)NC1CCN(C(=O)CCCC(C)N)CC1. The Bertz CT molecular complexity index is 313. The van der Waals surface area contributed by atoms with E-state index in [0.717, 1.165) is 38.8 Å². The van der Waals surface area contributed by atoms with E-state index >= 15 is 0 Å². The molecule has 0 aliphatic carbocycles. The fourth-order valence-electron chi connectivity index (χ4n) is 2.41. The van der Waals surface area contributed by atoms with Crippen molar-refractivity contribution in [2.45, 2.75) is 51.1 Å². The second-order valence-electron chi connectivity index (χ2n) is 5.53. The summed E-state index contributed by atoms with van der Waals surface area (Å²) in [6.45, 7) is 3.49. The highest BCUT2D eigenvalue weighted by Crippen LogP contribution is 2.13. The van der Waals surface area contributed by atoms with Crippen LogP contribution in [0.25, 0.3) is 0 Å². The van der Waals surface area contributed by atoms with Crippen LogP contribution in [0.15, 0.2) is 0 Å². The summed E-state index contributed by atoms with van der Waals surface area (Å²) in [5, 5.41) is 2.92. The van der Waals surface area contributed by atoms with Crippen molar-refractivity contribution in [2.24, 2.45) is 5.73 Å². The lowest BCUT2D eigenvalue weighted by molar-refractivity contribution is -0.132. The molecule has 3 N–H and O–H groups in total. The molecule has 0 radical (unpaired) electrons. The summed E-state index contributed by atoms with van der Waals surface area (Å²) >= 11 is 0. The molecule has 1 aliphatic heterocycles. The number of nitrogens with one attached hydrogen (secondary N) is 1. The van der Waals surface area contributed by atoms with Gasteiger partial charge in [-0.25, -0.2) is 0 Å². The minimum atomic E-state index is -0.0887. The Morgan fingerprint density at radius 1 is 1.40 bits per heavy atom. The van der Waals surface area contributed by atoms with Crippen LogP contribution in [0.5, 0.6) is 0 Å². The number of nitrogens with two attached hydrogens (primary N) is 1. The van der Waals surface area contributed by atoms with Gasteiger partial charge in [0.15, 0.2) is 0 Å². The molecular weight excluding hydrogens is 258 g/mol. The molecule has 0 aromatic rings. The molecule has 0 bridgehead atoms. The number of likely N-dealkylation sites (tertiary alicyclic amines) is 1. The van der Waals surface area contributed by atoms with Crippen LogP contribution in [0, 0.1) is 0 Å². The quantitative estimate of drug-likeness (QED) is 0.702. The first kappa shape index (κ1) is 16.9. The van der Waals surface area contributed by atoms with Gasteiger partial charge < -0.3 is 20.7 Å². The summed E-state index contributed by atoms with van der Waals surface area (Å²) in [5.41, 5.74) is 5.67. The summed E-state index contributed by atoms with van der Waals surface area (Å²) in [7, 11) is 1.50. The molecule has 1 saturated heterocycles. The lowest BCUT2D eigenvalue weighted by Gasteiger charge is -2.32. The van der Waals surface area contributed by atoms with Gasteiger partial charge in [-0.1, -0.05) is 0 Å². The average Bonchev–Trinajstić information content (AvgIpc) is 2.39. The molecule has 0 aromatic carbocycles. The molecule has 0 aromatic heterocycles. The third-order valence-corrected chi connectivity index (χ3v) is 3.54. The molecule has 1 aliphatic rings.